The van der Waals surface area contributed by atoms with Crippen LogP contribution < -0.4 is 0 Å². The highest BCUT2D eigenvalue weighted by Gasteiger charge is 2.44. The van der Waals surface area contributed by atoms with Crippen molar-refractivity contribution in [1.82, 2.24) is 0 Å². The minimum absolute atomic E-state index is 0.627. The number of hydrogen-bond donors (Lipinski definition) is 0. The summed E-state index contributed by atoms with van der Waals surface area (Å²) in [7, 11) is 0. The molecule has 0 atom stereocenters. The Bertz CT molecular complexity index is 694. The van der Waals surface area contributed by atoms with Gasteiger partial charge in [0.15, 0.2) is 0 Å². The molecule has 0 saturated carbocycles. The number of allylic oxidation sites excluding steroid dienone is 1. The highest BCUT2D eigenvalue weighted by molar-refractivity contribution is 5.85. The molecule has 2 aliphatic rings. The van der Waals surface area contributed by atoms with E-state index in [-0.39, 0.29) is 0 Å². The van der Waals surface area contributed by atoms with Gasteiger partial charge in [0.25, 0.3) is 0 Å². The van der Waals surface area contributed by atoms with Crippen LogP contribution in [0.15, 0.2) is 48.5 Å². The van der Waals surface area contributed by atoms with Crippen molar-refractivity contribution in [3.63, 3.8) is 0 Å². The van der Waals surface area contributed by atoms with Crippen LogP contribution >= 0.6 is 0 Å². The van der Waals surface area contributed by atoms with Crippen LogP contribution in [-0.4, -0.2) is 13.2 Å². The molecule has 4 rings (SSSR count). The summed E-state index contributed by atoms with van der Waals surface area (Å²) in [5.74, 6) is -0.749. The summed E-state index contributed by atoms with van der Waals surface area (Å²) >= 11 is 0. The average Bonchev–Trinajstić information content (AvgIpc) is 2.94. The molecule has 0 N–H and O–H groups in total. The third kappa shape index (κ3) is 1.52. The SMILES string of the molecule is CC1=Cc2ccccc2C2(OCCO2)c2ccccc21. The average molecular weight is 264 g/mol. The van der Waals surface area contributed by atoms with Gasteiger partial charge in [-0.05, 0) is 23.6 Å². The molecule has 1 fully saturated rings. The molecule has 0 unspecified atom stereocenters. The van der Waals surface area contributed by atoms with Crippen molar-refractivity contribution in [3.8, 4) is 0 Å². The van der Waals surface area contributed by atoms with E-state index in [4.69, 9.17) is 9.47 Å². The Morgan fingerprint density at radius 1 is 0.850 bits per heavy atom. The largest absolute Gasteiger partial charge is 0.340 e. The normalized spacial score (nSPS) is 19.1. The molecule has 0 amide bonds. The maximum absolute atomic E-state index is 6.11. The first-order chi connectivity index (χ1) is 9.81. The fraction of sp³-hybridized carbons (Fsp3) is 0.222. The second-order valence-corrected chi connectivity index (χ2v) is 5.27. The Morgan fingerprint density at radius 3 is 2.30 bits per heavy atom. The van der Waals surface area contributed by atoms with Crippen LogP contribution in [0.5, 0.6) is 0 Å². The molecule has 1 spiro atoms. The minimum Gasteiger partial charge on any atom is -0.340 e. The first-order valence-corrected chi connectivity index (χ1v) is 6.97. The molecule has 2 aromatic rings. The lowest BCUT2D eigenvalue weighted by atomic mass is 9.92. The zero-order chi connectivity index (χ0) is 13.6. The van der Waals surface area contributed by atoms with Crippen molar-refractivity contribution in [2.24, 2.45) is 0 Å². The van der Waals surface area contributed by atoms with Crippen molar-refractivity contribution in [3.05, 3.63) is 70.8 Å². The predicted molar refractivity (Wildman–Crippen MR) is 79.1 cm³/mol. The van der Waals surface area contributed by atoms with Gasteiger partial charge in [0, 0.05) is 11.1 Å². The third-order valence-corrected chi connectivity index (χ3v) is 4.09. The van der Waals surface area contributed by atoms with Crippen LogP contribution in [-0.2, 0) is 15.3 Å². The molecule has 20 heavy (non-hydrogen) atoms. The molecule has 2 nitrogen and oxygen atoms in total. The third-order valence-electron chi connectivity index (χ3n) is 4.09. The first-order valence-electron chi connectivity index (χ1n) is 6.97. The van der Waals surface area contributed by atoms with Gasteiger partial charge in [-0.2, -0.15) is 0 Å². The molecule has 1 heterocycles. The fourth-order valence-corrected chi connectivity index (χ4v) is 3.22. The lowest BCUT2D eigenvalue weighted by Gasteiger charge is -2.30. The first kappa shape index (κ1) is 11.9. The van der Waals surface area contributed by atoms with Gasteiger partial charge in [-0.15, -0.1) is 0 Å². The Labute approximate surface area is 118 Å². The highest BCUT2D eigenvalue weighted by atomic mass is 16.7. The number of fused-ring (bicyclic) bond motifs is 4. The summed E-state index contributed by atoms with van der Waals surface area (Å²) in [4.78, 5) is 0. The number of hydrogen-bond acceptors (Lipinski definition) is 2. The van der Waals surface area contributed by atoms with E-state index in [1.807, 2.05) is 12.1 Å². The molecule has 1 aliphatic carbocycles. The van der Waals surface area contributed by atoms with E-state index >= 15 is 0 Å². The molecule has 0 aromatic heterocycles. The van der Waals surface area contributed by atoms with Crippen LogP contribution in [0.2, 0.25) is 0 Å². The summed E-state index contributed by atoms with van der Waals surface area (Å²) in [5.41, 5.74) is 5.82. The standard InChI is InChI=1S/C18H16O2/c1-13-12-14-6-2-4-8-16(14)18(19-10-11-20-18)17-9-5-3-7-15(13)17/h2-9,12H,10-11H2,1H3. The summed E-state index contributed by atoms with van der Waals surface area (Å²) in [6.07, 6.45) is 2.22. The second kappa shape index (κ2) is 4.30. The van der Waals surface area contributed by atoms with Gasteiger partial charge in [0.2, 0.25) is 5.79 Å². The molecule has 2 heteroatoms. The summed E-state index contributed by atoms with van der Waals surface area (Å²) < 4.78 is 12.2. The van der Waals surface area contributed by atoms with Crippen molar-refractivity contribution in [2.45, 2.75) is 12.7 Å². The Kier molecular flexibility index (Phi) is 2.56. The topological polar surface area (TPSA) is 18.5 Å². The zero-order valence-electron chi connectivity index (χ0n) is 11.4. The number of rotatable bonds is 0. The van der Waals surface area contributed by atoms with E-state index < -0.39 is 5.79 Å². The van der Waals surface area contributed by atoms with Gasteiger partial charge >= 0.3 is 0 Å². The molecule has 0 bridgehead atoms. The maximum atomic E-state index is 6.11. The van der Waals surface area contributed by atoms with Crippen LogP contribution in [0.4, 0.5) is 0 Å². The number of ether oxygens (including phenoxy) is 2. The molecule has 1 saturated heterocycles. The molecule has 100 valence electrons. The van der Waals surface area contributed by atoms with E-state index in [0.29, 0.717) is 13.2 Å². The van der Waals surface area contributed by atoms with E-state index in [1.165, 1.54) is 16.7 Å². The lowest BCUT2D eigenvalue weighted by molar-refractivity contribution is -0.130. The lowest BCUT2D eigenvalue weighted by Crippen LogP contribution is -2.30. The molecule has 1 aliphatic heterocycles. The van der Waals surface area contributed by atoms with Gasteiger partial charge in [0.1, 0.15) is 0 Å². The Hall–Kier alpha value is -1.90. The highest BCUT2D eigenvalue weighted by Crippen LogP contribution is 2.45. The predicted octanol–water partition coefficient (Wildman–Crippen LogP) is 3.81. The van der Waals surface area contributed by atoms with Gasteiger partial charge in [-0.1, -0.05) is 54.6 Å². The Morgan fingerprint density at radius 2 is 1.50 bits per heavy atom. The van der Waals surface area contributed by atoms with E-state index in [9.17, 15) is 0 Å². The van der Waals surface area contributed by atoms with Crippen molar-refractivity contribution < 1.29 is 9.47 Å². The minimum atomic E-state index is -0.749. The maximum Gasteiger partial charge on any atom is 0.223 e. The summed E-state index contributed by atoms with van der Waals surface area (Å²) in [6.45, 7) is 3.40. The van der Waals surface area contributed by atoms with Crippen molar-refractivity contribution in [2.75, 3.05) is 13.2 Å². The van der Waals surface area contributed by atoms with Gasteiger partial charge in [-0.25, -0.2) is 0 Å². The monoisotopic (exact) mass is 264 g/mol. The molecular formula is C18H16O2. The number of benzene rings is 2. The van der Waals surface area contributed by atoms with Crippen LogP contribution in [0.1, 0.15) is 29.2 Å². The van der Waals surface area contributed by atoms with Gasteiger partial charge < -0.3 is 9.47 Å². The summed E-state index contributed by atoms with van der Waals surface area (Å²) in [6, 6.07) is 16.7. The van der Waals surface area contributed by atoms with Crippen LogP contribution in [0.25, 0.3) is 11.6 Å². The zero-order valence-corrected chi connectivity index (χ0v) is 11.4. The van der Waals surface area contributed by atoms with Crippen molar-refractivity contribution >= 4 is 11.6 Å². The summed E-state index contributed by atoms with van der Waals surface area (Å²) in [5, 5.41) is 0. The van der Waals surface area contributed by atoms with E-state index in [1.54, 1.807) is 0 Å². The fourth-order valence-electron chi connectivity index (χ4n) is 3.22. The van der Waals surface area contributed by atoms with Gasteiger partial charge in [-0.3, -0.25) is 0 Å². The Balaban J connectivity index is 2.09. The second-order valence-electron chi connectivity index (χ2n) is 5.27. The smallest absolute Gasteiger partial charge is 0.223 e. The van der Waals surface area contributed by atoms with Crippen LogP contribution in [0, 0.1) is 0 Å². The molecule has 2 aromatic carbocycles. The van der Waals surface area contributed by atoms with Crippen molar-refractivity contribution in [1.29, 1.82) is 0 Å². The van der Waals surface area contributed by atoms with Gasteiger partial charge in [0.05, 0.1) is 13.2 Å². The quantitative estimate of drug-likeness (QED) is 0.720. The van der Waals surface area contributed by atoms with E-state index in [0.717, 1.165) is 11.1 Å². The molecular weight excluding hydrogens is 248 g/mol. The molecule has 0 radical (unpaired) electrons. The van der Waals surface area contributed by atoms with Crippen LogP contribution in [0.3, 0.4) is 0 Å². The van der Waals surface area contributed by atoms with E-state index in [2.05, 4.69) is 49.4 Å².